The second-order valence-electron chi connectivity index (χ2n) is 4.66. The lowest BCUT2D eigenvalue weighted by atomic mass is 10.2. The van der Waals surface area contributed by atoms with Crippen LogP contribution >= 0.6 is 11.3 Å². The third-order valence-electron chi connectivity index (χ3n) is 1.81. The van der Waals surface area contributed by atoms with Gasteiger partial charge in [0, 0.05) is 5.38 Å². The van der Waals surface area contributed by atoms with Crippen LogP contribution in [0, 0.1) is 6.92 Å². The van der Waals surface area contributed by atoms with Crippen LogP contribution in [0.15, 0.2) is 5.38 Å². The average molecular weight is 242 g/mol. The van der Waals surface area contributed by atoms with Gasteiger partial charge in [-0.05, 0) is 34.6 Å². The predicted octanol–water partition coefficient (Wildman–Crippen LogP) is 3.04. The molecule has 1 heterocycles. The Labute approximate surface area is 100 Å². The van der Waals surface area contributed by atoms with Crippen molar-refractivity contribution in [3.05, 3.63) is 16.1 Å². The third kappa shape index (κ3) is 4.18. The number of ether oxygens (including phenoxy) is 1. The van der Waals surface area contributed by atoms with E-state index >= 15 is 0 Å². The summed E-state index contributed by atoms with van der Waals surface area (Å²) >= 11 is 1.57. The molecule has 1 rings (SSSR count). The highest BCUT2D eigenvalue weighted by Crippen LogP contribution is 2.16. The van der Waals surface area contributed by atoms with E-state index in [1.807, 2.05) is 40.0 Å². The third-order valence-corrected chi connectivity index (χ3v) is 2.61. The van der Waals surface area contributed by atoms with Crippen LogP contribution in [-0.4, -0.2) is 16.7 Å². The Bertz CT molecular complexity index is 368. The van der Waals surface area contributed by atoms with E-state index in [0.29, 0.717) is 0 Å². The van der Waals surface area contributed by atoms with Gasteiger partial charge in [0.15, 0.2) is 0 Å². The minimum Gasteiger partial charge on any atom is -0.444 e. The Hall–Kier alpha value is -1.10. The molecule has 0 saturated heterocycles. The Morgan fingerprint density at radius 1 is 1.56 bits per heavy atom. The van der Waals surface area contributed by atoms with Crippen molar-refractivity contribution in [3.8, 4) is 0 Å². The number of rotatable bonds is 2. The number of thiazole rings is 1. The lowest BCUT2D eigenvalue weighted by molar-refractivity contribution is 0.0507. The molecule has 1 aromatic rings. The van der Waals surface area contributed by atoms with Gasteiger partial charge in [-0.15, -0.1) is 11.3 Å². The van der Waals surface area contributed by atoms with Gasteiger partial charge in [-0.3, -0.25) is 0 Å². The summed E-state index contributed by atoms with van der Waals surface area (Å²) in [5.74, 6) is 0. The molecule has 16 heavy (non-hydrogen) atoms. The first-order valence-corrected chi connectivity index (χ1v) is 6.07. The van der Waals surface area contributed by atoms with E-state index in [2.05, 4.69) is 10.3 Å². The number of amides is 1. The smallest absolute Gasteiger partial charge is 0.408 e. The van der Waals surface area contributed by atoms with Gasteiger partial charge in [0.25, 0.3) is 0 Å². The molecular weight excluding hydrogens is 224 g/mol. The highest BCUT2D eigenvalue weighted by atomic mass is 32.1. The fraction of sp³-hybridized carbons (Fsp3) is 0.636. The van der Waals surface area contributed by atoms with Crippen molar-refractivity contribution in [2.45, 2.75) is 46.3 Å². The Morgan fingerprint density at radius 2 is 2.19 bits per heavy atom. The molecule has 1 N–H and O–H groups in total. The van der Waals surface area contributed by atoms with Crippen LogP contribution in [0.2, 0.25) is 0 Å². The van der Waals surface area contributed by atoms with Crippen LogP contribution in [0.5, 0.6) is 0 Å². The van der Waals surface area contributed by atoms with Crippen molar-refractivity contribution >= 4 is 17.4 Å². The lowest BCUT2D eigenvalue weighted by Crippen LogP contribution is -2.34. The van der Waals surface area contributed by atoms with E-state index in [4.69, 9.17) is 4.74 Å². The van der Waals surface area contributed by atoms with Crippen molar-refractivity contribution < 1.29 is 9.53 Å². The normalized spacial score (nSPS) is 13.3. The molecule has 0 fully saturated rings. The van der Waals surface area contributed by atoms with Crippen LogP contribution in [-0.2, 0) is 4.74 Å². The van der Waals surface area contributed by atoms with Gasteiger partial charge < -0.3 is 10.1 Å². The molecule has 0 aliphatic rings. The van der Waals surface area contributed by atoms with Crippen molar-refractivity contribution in [2.75, 3.05) is 0 Å². The number of carbonyl (C=O) groups is 1. The molecule has 0 aromatic carbocycles. The molecule has 5 heteroatoms. The summed E-state index contributed by atoms with van der Waals surface area (Å²) in [5.41, 5.74) is 0.398. The van der Waals surface area contributed by atoms with Gasteiger partial charge in [0.2, 0.25) is 0 Å². The number of alkyl carbamates (subject to hydrolysis) is 1. The van der Waals surface area contributed by atoms with Crippen LogP contribution in [0.25, 0.3) is 0 Å². The molecule has 0 aliphatic heterocycles. The van der Waals surface area contributed by atoms with Gasteiger partial charge in [0.05, 0.1) is 16.7 Å². The summed E-state index contributed by atoms with van der Waals surface area (Å²) in [6.07, 6.45) is -0.411. The molecule has 0 radical (unpaired) electrons. The standard InChI is InChI=1S/C11H18N2O2S/c1-7(9-6-16-8(2)13-9)12-10(14)15-11(3,4)5/h6-7H,1-5H3,(H,12,14). The minimum atomic E-state index is -0.470. The summed E-state index contributed by atoms with van der Waals surface area (Å²) in [6.45, 7) is 9.34. The lowest BCUT2D eigenvalue weighted by Gasteiger charge is -2.21. The number of aryl methyl sites for hydroxylation is 1. The Balaban J connectivity index is 2.52. The molecule has 0 saturated carbocycles. The summed E-state index contributed by atoms with van der Waals surface area (Å²) < 4.78 is 5.16. The fourth-order valence-corrected chi connectivity index (χ4v) is 1.84. The highest BCUT2D eigenvalue weighted by Gasteiger charge is 2.19. The van der Waals surface area contributed by atoms with Gasteiger partial charge >= 0.3 is 6.09 Å². The van der Waals surface area contributed by atoms with Crippen LogP contribution in [0.3, 0.4) is 0 Å². The number of carbonyl (C=O) groups excluding carboxylic acids is 1. The predicted molar refractivity (Wildman–Crippen MR) is 64.6 cm³/mol. The number of hydrogen-bond donors (Lipinski definition) is 1. The monoisotopic (exact) mass is 242 g/mol. The molecule has 90 valence electrons. The first kappa shape index (κ1) is 13.0. The fourth-order valence-electron chi connectivity index (χ4n) is 1.14. The zero-order valence-electron chi connectivity index (χ0n) is 10.3. The van der Waals surface area contributed by atoms with Gasteiger partial charge in [-0.1, -0.05) is 0 Å². The average Bonchev–Trinajstić information content (AvgIpc) is 2.47. The SMILES string of the molecule is Cc1nc(C(C)NC(=O)OC(C)(C)C)cs1. The zero-order chi connectivity index (χ0) is 12.3. The van der Waals surface area contributed by atoms with Gasteiger partial charge in [-0.25, -0.2) is 9.78 Å². The topological polar surface area (TPSA) is 51.2 Å². The van der Waals surface area contributed by atoms with Crippen LogP contribution in [0.1, 0.15) is 44.4 Å². The Kier molecular flexibility index (Phi) is 3.91. The first-order chi connectivity index (χ1) is 7.28. The number of hydrogen-bond acceptors (Lipinski definition) is 4. The summed E-state index contributed by atoms with van der Waals surface area (Å²) in [5, 5.41) is 5.68. The molecule has 1 unspecified atom stereocenters. The van der Waals surface area contributed by atoms with Crippen LogP contribution in [0.4, 0.5) is 4.79 Å². The van der Waals surface area contributed by atoms with Crippen molar-refractivity contribution in [3.63, 3.8) is 0 Å². The van der Waals surface area contributed by atoms with Gasteiger partial charge in [0.1, 0.15) is 5.60 Å². The summed E-state index contributed by atoms with van der Waals surface area (Å²) in [4.78, 5) is 15.8. The molecule has 1 atom stereocenters. The quantitative estimate of drug-likeness (QED) is 0.867. The maximum Gasteiger partial charge on any atom is 0.408 e. The summed E-state index contributed by atoms with van der Waals surface area (Å²) in [6, 6.07) is -0.125. The molecule has 0 spiro atoms. The number of nitrogens with zero attached hydrogens (tertiary/aromatic N) is 1. The molecule has 0 aliphatic carbocycles. The van der Waals surface area contributed by atoms with Crippen LogP contribution < -0.4 is 5.32 Å². The minimum absolute atomic E-state index is 0.125. The molecule has 1 aromatic heterocycles. The number of nitrogens with one attached hydrogen (secondary N) is 1. The van der Waals surface area contributed by atoms with E-state index in [0.717, 1.165) is 10.7 Å². The second kappa shape index (κ2) is 4.82. The van der Waals surface area contributed by atoms with E-state index in [-0.39, 0.29) is 6.04 Å². The second-order valence-corrected chi connectivity index (χ2v) is 5.72. The maximum atomic E-state index is 11.5. The molecule has 0 bridgehead atoms. The van der Waals surface area contributed by atoms with Crippen molar-refractivity contribution in [2.24, 2.45) is 0 Å². The van der Waals surface area contributed by atoms with Crippen molar-refractivity contribution in [1.29, 1.82) is 0 Å². The largest absolute Gasteiger partial charge is 0.444 e. The first-order valence-electron chi connectivity index (χ1n) is 5.19. The van der Waals surface area contributed by atoms with E-state index in [9.17, 15) is 4.79 Å². The molecular formula is C11H18N2O2S. The van der Waals surface area contributed by atoms with E-state index < -0.39 is 11.7 Å². The summed E-state index contributed by atoms with van der Waals surface area (Å²) in [7, 11) is 0. The maximum absolute atomic E-state index is 11.5. The highest BCUT2D eigenvalue weighted by molar-refractivity contribution is 7.09. The molecule has 1 amide bonds. The zero-order valence-corrected chi connectivity index (χ0v) is 11.1. The van der Waals surface area contributed by atoms with Crippen molar-refractivity contribution in [1.82, 2.24) is 10.3 Å². The number of aromatic nitrogens is 1. The van der Waals surface area contributed by atoms with E-state index in [1.165, 1.54) is 0 Å². The Morgan fingerprint density at radius 3 is 2.62 bits per heavy atom. The molecule has 4 nitrogen and oxygen atoms in total. The van der Waals surface area contributed by atoms with Gasteiger partial charge in [-0.2, -0.15) is 0 Å². The van der Waals surface area contributed by atoms with E-state index in [1.54, 1.807) is 11.3 Å².